The second-order valence-electron chi connectivity index (χ2n) is 3.61. The van der Waals surface area contributed by atoms with E-state index < -0.39 is 0 Å². The zero-order chi connectivity index (χ0) is 10.2. The molecule has 0 bridgehead atoms. The van der Waals surface area contributed by atoms with E-state index in [1.165, 1.54) is 31.2 Å². The van der Waals surface area contributed by atoms with Crippen LogP contribution in [0.25, 0.3) is 0 Å². The minimum atomic E-state index is 1.06. The maximum absolute atomic E-state index is 5.43. The van der Waals surface area contributed by atoms with Crippen LogP contribution in [-0.2, 0) is 6.42 Å². The maximum atomic E-state index is 5.43. The quantitative estimate of drug-likeness (QED) is 0.413. The highest BCUT2D eigenvalue weighted by molar-refractivity contribution is 5.49. The number of hydrogen-bond donors (Lipinski definition) is 2. The van der Waals surface area contributed by atoms with Crippen LogP contribution >= 0.6 is 0 Å². The molecular formula is C12H20N2. The molecular weight excluding hydrogens is 172 g/mol. The van der Waals surface area contributed by atoms with Crippen LogP contribution in [-0.4, -0.2) is 0 Å². The van der Waals surface area contributed by atoms with Crippen LogP contribution in [0.15, 0.2) is 24.3 Å². The zero-order valence-electron chi connectivity index (χ0n) is 8.92. The smallest absolute Gasteiger partial charge is 0.0517 e. The van der Waals surface area contributed by atoms with Crippen LogP contribution < -0.4 is 11.3 Å². The van der Waals surface area contributed by atoms with Gasteiger partial charge in [-0.15, -0.1) is 0 Å². The van der Waals surface area contributed by atoms with Crippen molar-refractivity contribution >= 4 is 5.69 Å². The molecule has 0 atom stereocenters. The van der Waals surface area contributed by atoms with Crippen LogP contribution in [0.4, 0.5) is 5.69 Å². The minimum Gasteiger partial charge on any atom is -0.324 e. The molecule has 0 spiro atoms. The van der Waals surface area contributed by atoms with Crippen LogP contribution in [0.5, 0.6) is 0 Å². The number of nitrogen functional groups attached to an aromatic ring is 1. The predicted octanol–water partition coefficient (Wildman–Crippen LogP) is 3.10. The Hall–Kier alpha value is -1.02. The van der Waals surface area contributed by atoms with Gasteiger partial charge < -0.3 is 5.43 Å². The van der Waals surface area contributed by atoms with Crippen molar-refractivity contribution in [3.8, 4) is 0 Å². The molecule has 0 radical (unpaired) electrons. The summed E-state index contributed by atoms with van der Waals surface area (Å²) in [6.45, 7) is 2.23. The fourth-order valence-electron chi connectivity index (χ4n) is 1.62. The summed E-state index contributed by atoms with van der Waals surface area (Å²) >= 11 is 0. The van der Waals surface area contributed by atoms with E-state index in [1.807, 2.05) is 12.1 Å². The Labute approximate surface area is 86.5 Å². The number of benzene rings is 1. The summed E-state index contributed by atoms with van der Waals surface area (Å²) in [7, 11) is 0. The van der Waals surface area contributed by atoms with E-state index in [0.717, 1.165) is 12.1 Å². The lowest BCUT2D eigenvalue weighted by atomic mass is 10.0. The normalized spacial score (nSPS) is 10.1. The first kappa shape index (κ1) is 11.1. The molecule has 0 fully saturated rings. The fourth-order valence-corrected chi connectivity index (χ4v) is 1.62. The van der Waals surface area contributed by atoms with Crippen LogP contribution in [0.2, 0.25) is 0 Å². The highest BCUT2D eigenvalue weighted by atomic mass is 15.2. The van der Waals surface area contributed by atoms with E-state index in [-0.39, 0.29) is 0 Å². The van der Waals surface area contributed by atoms with Crippen LogP contribution in [0, 0.1) is 0 Å². The predicted molar refractivity (Wildman–Crippen MR) is 62.1 cm³/mol. The Morgan fingerprint density at radius 1 is 1.14 bits per heavy atom. The molecule has 78 valence electrons. The number of nitrogens with one attached hydrogen (secondary N) is 1. The molecule has 0 saturated heterocycles. The molecule has 0 heterocycles. The second-order valence-corrected chi connectivity index (χ2v) is 3.61. The molecule has 3 N–H and O–H groups in total. The third-order valence-electron chi connectivity index (χ3n) is 2.47. The first-order chi connectivity index (χ1) is 6.88. The average Bonchev–Trinajstić information content (AvgIpc) is 2.25. The molecule has 1 aromatic rings. The molecule has 1 rings (SSSR count). The third kappa shape index (κ3) is 3.38. The standard InChI is InChI=1S/C12H20N2/c1-2-3-4-5-8-11-9-6-7-10-12(11)14-13/h6-7,9-10,14H,2-5,8,13H2,1H3. The topological polar surface area (TPSA) is 38.0 Å². The Morgan fingerprint density at radius 3 is 2.64 bits per heavy atom. The Bertz CT molecular complexity index is 258. The van der Waals surface area contributed by atoms with Gasteiger partial charge >= 0.3 is 0 Å². The largest absolute Gasteiger partial charge is 0.324 e. The van der Waals surface area contributed by atoms with Crippen molar-refractivity contribution in [3.05, 3.63) is 29.8 Å². The molecule has 0 amide bonds. The fraction of sp³-hybridized carbons (Fsp3) is 0.500. The molecule has 0 unspecified atom stereocenters. The number of rotatable bonds is 6. The summed E-state index contributed by atoms with van der Waals surface area (Å²) in [5.74, 6) is 5.43. The van der Waals surface area contributed by atoms with Gasteiger partial charge in [-0.1, -0.05) is 44.4 Å². The van der Waals surface area contributed by atoms with Gasteiger partial charge in [0.05, 0.1) is 5.69 Å². The lowest BCUT2D eigenvalue weighted by Crippen LogP contribution is -2.08. The summed E-state index contributed by atoms with van der Waals surface area (Å²) in [5.41, 5.74) is 5.12. The maximum Gasteiger partial charge on any atom is 0.0517 e. The van der Waals surface area contributed by atoms with E-state index >= 15 is 0 Å². The van der Waals surface area contributed by atoms with Gasteiger partial charge in [0.1, 0.15) is 0 Å². The first-order valence-corrected chi connectivity index (χ1v) is 5.43. The van der Waals surface area contributed by atoms with Crippen LogP contribution in [0.3, 0.4) is 0 Å². The van der Waals surface area contributed by atoms with Crippen LogP contribution in [0.1, 0.15) is 38.2 Å². The van der Waals surface area contributed by atoms with E-state index in [1.54, 1.807) is 0 Å². The summed E-state index contributed by atoms with van der Waals surface area (Å²) in [4.78, 5) is 0. The Morgan fingerprint density at radius 2 is 1.93 bits per heavy atom. The summed E-state index contributed by atoms with van der Waals surface area (Å²) in [6.07, 6.45) is 6.32. The number of unbranched alkanes of at least 4 members (excludes halogenated alkanes) is 3. The first-order valence-electron chi connectivity index (χ1n) is 5.43. The van der Waals surface area contributed by atoms with Gasteiger partial charge in [-0.3, -0.25) is 5.84 Å². The third-order valence-corrected chi connectivity index (χ3v) is 2.47. The molecule has 0 aromatic heterocycles. The monoisotopic (exact) mass is 192 g/mol. The van der Waals surface area contributed by atoms with E-state index in [4.69, 9.17) is 5.84 Å². The Kier molecular flexibility index (Phi) is 5.08. The molecule has 2 heteroatoms. The molecule has 0 aliphatic heterocycles. The molecule has 2 nitrogen and oxygen atoms in total. The SMILES string of the molecule is CCCCCCc1ccccc1NN. The van der Waals surface area contributed by atoms with Crippen molar-refractivity contribution in [2.45, 2.75) is 39.0 Å². The van der Waals surface area contributed by atoms with E-state index in [0.29, 0.717) is 0 Å². The molecule has 0 aliphatic rings. The number of aryl methyl sites for hydroxylation is 1. The van der Waals surface area contributed by atoms with Gasteiger partial charge in [-0.05, 0) is 24.5 Å². The van der Waals surface area contributed by atoms with Gasteiger partial charge in [0.25, 0.3) is 0 Å². The number of nitrogens with two attached hydrogens (primary N) is 1. The van der Waals surface area contributed by atoms with Gasteiger partial charge in [0.15, 0.2) is 0 Å². The lowest BCUT2D eigenvalue weighted by Gasteiger charge is -2.07. The number of anilines is 1. The van der Waals surface area contributed by atoms with Crippen molar-refractivity contribution in [3.63, 3.8) is 0 Å². The summed E-state index contributed by atoms with van der Waals surface area (Å²) in [6, 6.07) is 8.23. The van der Waals surface area contributed by atoms with Crippen molar-refractivity contribution in [1.29, 1.82) is 0 Å². The highest BCUT2D eigenvalue weighted by Gasteiger charge is 1.98. The van der Waals surface area contributed by atoms with Crippen molar-refractivity contribution in [2.24, 2.45) is 5.84 Å². The molecule has 14 heavy (non-hydrogen) atoms. The van der Waals surface area contributed by atoms with Gasteiger partial charge in [-0.2, -0.15) is 0 Å². The van der Waals surface area contributed by atoms with Gasteiger partial charge in [0, 0.05) is 0 Å². The minimum absolute atomic E-state index is 1.06. The summed E-state index contributed by atoms with van der Waals surface area (Å²) in [5, 5.41) is 0. The lowest BCUT2D eigenvalue weighted by molar-refractivity contribution is 0.667. The number of para-hydroxylation sites is 1. The zero-order valence-corrected chi connectivity index (χ0v) is 8.92. The second kappa shape index (κ2) is 6.44. The van der Waals surface area contributed by atoms with Crippen molar-refractivity contribution in [2.75, 3.05) is 5.43 Å². The average molecular weight is 192 g/mol. The number of hydrazine groups is 1. The molecule has 0 saturated carbocycles. The van der Waals surface area contributed by atoms with E-state index in [2.05, 4.69) is 24.5 Å². The van der Waals surface area contributed by atoms with Gasteiger partial charge in [0.2, 0.25) is 0 Å². The highest BCUT2D eigenvalue weighted by Crippen LogP contribution is 2.16. The van der Waals surface area contributed by atoms with Gasteiger partial charge in [-0.25, -0.2) is 0 Å². The molecule has 1 aromatic carbocycles. The molecule has 0 aliphatic carbocycles. The Balaban J connectivity index is 2.41. The van der Waals surface area contributed by atoms with E-state index in [9.17, 15) is 0 Å². The number of hydrogen-bond acceptors (Lipinski definition) is 2. The van der Waals surface area contributed by atoms with Crippen molar-refractivity contribution in [1.82, 2.24) is 0 Å². The van der Waals surface area contributed by atoms with Crippen molar-refractivity contribution < 1.29 is 0 Å². The summed E-state index contributed by atoms with van der Waals surface area (Å²) < 4.78 is 0.